The number of likely N-dealkylation sites (tertiary alicyclic amines) is 1. The molecule has 1 fully saturated rings. The molecule has 2 aliphatic heterocycles. The lowest BCUT2D eigenvalue weighted by molar-refractivity contribution is -0.157. The average molecular weight is 1950 g/mol. The van der Waals surface area contributed by atoms with Crippen molar-refractivity contribution in [2.75, 3.05) is 32.8 Å². The predicted octanol–water partition coefficient (Wildman–Crippen LogP) is -3.01. The molecule has 1 aromatic rings. The molecule has 27 N–H and O–H groups in total. The Morgan fingerprint density at radius 2 is 0.882 bits per heavy atom. The van der Waals surface area contributed by atoms with Gasteiger partial charge in [-0.15, -0.1) is 0 Å². The minimum absolute atomic E-state index is 0.0402. The molecule has 0 unspecified atom stereocenters. The average Bonchev–Trinajstić information content (AvgIpc) is 0.898. The highest BCUT2D eigenvalue weighted by molar-refractivity contribution is 7.90. The normalized spacial score (nSPS) is 16.3. The number of guanidine groups is 1. The number of fused-ring (bicyclic) bond motifs is 1. The van der Waals surface area contributed by atoms with Crippen molar-refractivity contribution in [3.05, 3.63) is 22.3 Å². The third-order valence-corrected chi connectivity index (χ3v) is 22.7. The molecule has 2 aliphatic rings. The van der Waals surface area contributed by atoms with E-state index in [0.717, 1.165) is 4.90 Å². The SMILES string of the molecule is Cc1c(C)c(S(=O)(=O)NC(N)=NCCC[C@H](NC(=O)[C@H](CCC(N)=O)NC(=O)[C@H](COC(C)(C)C)NC(=O)[C@H](CCCCN)NC(=O)[C@H](CCC(N)=O)NC(=O)OC(C)(C)C)C(=O)N[C@@H](COC(C)(C)C)C(=O)N[C@@H](CCC(N)=O)C(=O)N[C@@H](CC(=O)OC(C)(C)C)C(=O)N[C@@H](CCC(=O)O)C(=O)N[C@@H](CC(N)=O)C(=O)N2CCC[C@H]2C(=O)N[C@H](C(N)=O)C(C)C)c(C)c2c1OC(C)(C)CC2. The molecule has 1 aromatic carbocycles. The van der Waals surface area contributed by atoms with Crippen molar-refractivity contribution in [1.29, 1.82) is 0 Å². The number of aliphatic imine (C=N–C) groups is 1. The summed E-state index contributed by atoms with van der Waals surface area (Å²) in [5.41, 5.74) is 36.7. The molecule has 49 heteroatoms. The van der Waals surface area contributed by atoms with Crippen molar-refractivity contribution in [3.8, 4) is 5.75 Å². The quantitative estimate of drug-likeness (QED) is 0.0134. The van der Waals surface area contributed by atoms with E-state index in [1.165, 1.54) is 41.5 Å². The van der Waals surface area contributed by atoms with Crippen LogP contribution in [0.4, 0.5) is 4.79 Å². The number of unbranched alkanes of at least 4 members (excludes halogenated alkanes) is 1. The number of rotatable bonds is 54. The maximum Gasteiger partial charge on any atom is 0.408 e. The first kappa shape index (κ1) is 118. The fourth-order valence-corrected chi connectivity index (χ4v) is 15.6. The molecule has 48 nitrogen and oxygen atoms in total. The highest BCUT2D eigenvalue weighted by Crippen LogP contribution is 2.42. The van der Waals surface area contributed by atoms with Gasteiger partial charge in [0.2, 0.25) is 100 Å². The number of primary amides is 5. The number of carboxylic acids is 1. The summed E-state index contributed by atoms with van der Waals surface area (Å²) in [5.74, 6) is -21.4. The Labute approximate surface area is 792 Å². The number of carbonyl (C=O) groups is 19. The van der Waals surface area contributed by atoms with Gasteiger partial charge in [-0.25, -0.2) is 17.9 Å². The van der Waals surface area contributed by atoms with Crippen LogP contribution in [0, 0.1) is 26.7 Å². The number of nitrogens with one attached hydrogen (secondary N) is 12. The fourth-order valence-electron chi connectivity index (χ4n) is 14.1. The summed E-state index contributed by atoms with van der Waals surface area (Å²) in [6.45, 7) is 28.4. The van der Waals surface area contributed by atoms with Crippen molar-refractivity contribution in [2.24, 2.45) is 51.0 Å². The molecule has 0 bridgehead atoms. The standard InChI is InChI=1S/C87H145N21O27S/c1-44(2)66(69(93)116)106-79(126)59-26-23-39-108(59)80(127)56(40-63(92)112)102-74(121)53(30-34-64(113)114)98-76(123)55(41-65(115)133-85(12,13)14)101-73(120)52(28-32-61(90)110)100-78(125)58(43-132-84(9,10)11)104-71(118)50(25-22-38-95-81(94)107-136(129,130)68-46(4)45(3)67-48(47(68)5)35-36-87(18,19)134-67)97-72(119)51(27-31-60(89)109)99-77(124)57(42-131-83(6,7)8)103-70(117)49(24-20-21-37-88)96-75(122)54(29-33-62(91)111)105-82(128)135-86(15,16)17/h44,49-59,66H,20-43,88H2,1-19H3,(H2,89,109)(H2,90,110)(H2,91,111)(H2,92,112)(H2,93,116)(H,96,122)(H,97,119)(H,98,123)(H,99,124)(H,100,125)(H,101,120)(H,102,121)(H,103,117)(H,104,118)(H,105,128)(H,106,126)(H,113,114)(H3,94,95,107)/t49-,50-,51-,52-,53-,54-,55-,56-,57-,58-,59-,66-/m0/s1. The molecule has 766 valence electrons. The van der Waals surface area contributed by atoms with Gasteiger partial charge in [-0.2, -0.15) is 0 Å². The van der Waals surface area contributed by atoms with Crippen LogP contribution in [0.2, 0.25) is 0 Å². The van der Waals surface area contributed by atoms with E-state index in [1.54, 1.807) is 76.2 Å². The number of esters is 1. The number of benzene rings is 1. The zero-order valence-electron chi connectivity index (χ0n) is 81.4. The Balaban J connectivity index is 2.29. The zero-order chi connectivity index (χ0) is 104. The summed E-state index contributed by atoms with van der Waals surface area (Å²) >= 11 is 0. The minimum Gasteiger partial charge on any atom is -0.487 e. The molecule has 0 aromatic heterocycles. The van der Waals surface area contributed by atoms with Gasteiger partial charge in [0.25, 0.3) is 10.0 Å². The topological polar surface area (TPSA) is 767 Å². The summed E-state index contributed by atoms with van der Waals surface area (Å²) in [7, 11) is -4.52. The Bertz CT molecular complexity index is 4630. The van der Waals surface area contributed by atoms with Gasteiger partial charge in [-0.3, -0.25) is 91.3 Å². The summed E-state index contributed by atoms with van der Waals surface area (Å²) in [4.78, 5) is 268. The molecule has 12 atom stereocenters. The number of nitrogens with two attached hydrogens (primary N) is 7. The van der Waals surface area contributed by atoms with Gasteiger partial charge in [0.1, 0.15) is 95.1 Å². The van der Waals surface area contributed by atoms with Gasteiger partial charge in [0.15, 0.2) is 0 Å². The third-order valence-electron chi connectivity index (χ3n) is 21.1. The van der Waals surface area contributed by atoms with E-state index >= 15 is 14.4 Å². The van der Waals surface area contributed by atoms with Crippen molar-refractivity contribution >= 4 is 129 Å². The minimum atomic E-state index is -4.52. The van der Waals surface area contributed by atoms with Crippen LogP contribution in [0.5, 0.6) is 5.75 Å². The highest BCUT2D eigenvalue weighted by Gasteiger charge is 2.44. The second-order valence-corrected chi connectivity index (χ2v) is 40.1. The first-order valence-corrected chi connectivity index (χ1v) is 46.5. The monoisotopic (exact) mass is 1950 g/mol. The molecule has 0 spiro atoms. The molecule has 0 radical (unpaired) electrons. The van der Waals surface area contributed by atoms with Crippen LogP contribution < -0.4 is 108 Å². The van der Waals surface area contributed by atoms with Crippen LogP contribution in [-0.2, 0) is 122 Å². The van der Waals surface area contributed by atoms with Gasteiger partial charge >= 0.3 is 18.0 Å². The van der Waals surface area contributed by atoms with Crippen molar-refractivity contribution < 1.29 is 128 Å². The lowest BCUT2D eigenvalue weighted by Gasteiger charge is -2.35. The second-order valence-electron chi connectivity index (χ2n) is 38.5. The second kappa shape index (κ2) is 52.8. The van der Waals surface area contributed by atoms with Crippen LogP contribution in [0.3, 0.4) is 0 Å². The van der Waals surface area contributed by atoms with Gasteiger partial charge < -0.3 is 132 Å². The number of nitrogens with zero attached hydrogens (tertiary/aromatic N) is 2. The Kier molecular flexibility index (Phi) is 45.8. The number of hydrogen-bond donors (Lipinski definition) is 20. The summed E-state index contributed by atoms with van der Waals surface area (Å²) in [6.07, 6.45) is -7.52. The summed E-state index contributed by atoms with van der Waals surface area (Å²) in [6, 6.07) is -21.2. The van der Waals surface area contributed by atoms with Crippen LogP contribution in [-0.4, -0.2) is 270 Å². The first-order valence-electron chi connectivity index (χ1n) is 45.0. The number of amides is 17. The Morgan fingerprint density at radius 3 is 1.29 bits per heavy atom. The molecule has 3 rings (SSSR count). The van der Waals surface area contributed by atoms with Crippen molar-refractivity contribution in [3.63, 3.8) is 0 Å². The fraction of sp³-hybridized carbons (Fsp3) is 0.701. The Hall–Kier alpha value is -12.2. The molecular weight excluding hydrogens is 1800 g/mol. The van der Waals surface area contributed by atoms with E-state index in [2.05, 4.69) is 68.2 Å². The predicted molar refractivity (Wildman–Crippen MR) is 492 cm³/mol. The van der Waals surface area contributed by atoms with E-state index < -0.39 is 319 Å². The molecular formula is C87H145N21O27S. The number of carboxylic acid groups (broad SMARTS) is 1. The molecule has 17 amide bonds. The third kappa shape index (κ3) is 42.0. The van der Waals surface area contributed by atoms with Crippen LogP contribution >= 0.6 is 0 Å². The number of alkyl carbamates (subject to hydrolysis) is 1. The maximum atomic E-state index is 15.4. The summed E-state index contributed by atoms with van der Waals surface area (Å²) in [5, 5.41) is 36.5. The number of sulfonamides is 1. The number of aliphatic carboxylic acids is 1. The molecule has 0 saturated carbocycles. The summed E-state index contributed by atoms with van der Waals surface area (Å²) < 4.78 is 60.2. The van der Waals surface area contributed by atoms with Crippen LogP contribution in [0.25, 0.3) is 0 Å². The number of hydrogen-bond acceptors (Lipinski definition) is 28. The van der Waals surface area contributed by atoms with Crippen LogP contribution in [0.1, 0.15) is 249 Å². The van der Waals surface area contributed by atoms with Crippen LogP contribution in [0.15, 0.2) is 9.89 Å². The molecule has 0 aliphatic carbocycles. The van der Waals surface area contributed by atoms with E-state index in [0.29, 0.717) is 47.3 Å². The Morgan fingerprint density at radius 1 is 0.485 bits per heavy atom. The van der Waals surface area contributed by atoms with Crippen molar-refractivity contribution in [1.82, 2.24) is 68.1 Å². The van der Waals surface area contributed by atoms with Crippen molar-refractivity contribution in [2.45, 2.75) is 359 Å². The van der Waals surface area contributed by atoms with E-state index in [-0.39, 0.29) is 56.5 Å². The van der Waals surface area contributed by atoms with E-state index in [9.17, 15) is 90.2 Å². The van der Waals surface area contributed by atoms with Gasteiger partial charge in [-0.05, 0) is 236 Å². The van der Waals surface area contributed by atoms with Gasteiger partial charge in [0, 0.05) is 38.8 Å². The maximum absolute atomic E-state index is 15.4. The lowest BCUT2D eigenvalue weighted by atomic mass is 9.88. The smallest absolute Gasteiger partial charge is 0.408 e. The van der Waals surface area contributed by atoms with E-state index in [1.807, 2.05) is 13.8 Å². The highest BCUT2D eigenvalue weighted by atomic mass is 32.2. The first-order chi connectivity index (χ1) is 62.6. The lowest BCUT2D eigenvalue weighted by Crippen LogP contribution is -2.62. The van der Waals surface area contributed by atoms with E-state index in [4.69, 9.17) is 63.8 Å². The molecule has 136 heavy (non-hydrogen) atoms. The van der Waals surface area contributed by atoms with Gasteiger partial charge in [0.05, 0.1) is 42.2 Å². The molecule has 1 saturated heterocycles. The molecule has 2 heterocycles. The number of carbonyl (C=O) groups excluding carboxylic acids is 18. The van der Waals surface area contributed by atoms with Gasteiger partial charge in [-0.1, -0.05) is 13.8 Å². The zero-order valence-corrected chi connectivity index (χ0v) is 82.2. The largest absolute Gasteiger partial charge is 0.487 e. The number of ether oxygens (including phenoxy) is 5.